The second-order valence-electron chi connectivity index (χ2n) is 26.3. The highest BCUT2D eigenvalue weighted by molar-refractivity contribution is 5.90. The largest absolute Gasteiger partial charge is 0.465 e. The predicted octanol–water partition coefficient (Wildman–Crippen LogP) is 8.92. The molecule has 0 N–H and O–H groups in total. The minimum absolute atomic E-state index is 0.0154. The third-order valence-corrected chi connectivity index (χ3v) is 19.1. The fraction of sp³-hybridized carbons (Fsp3) is 0.889. The highest BCUT2D eigenvalue weighted by atomic mass is 16.8. The number of ketones is 2. The van der Waals surface area contributed by atoms with E-state index in [0.717, 1.165) is 70.6 Å². The molecular weight excluding hydrogens is 841 g/mol. The fourth-order valence-electron chi connectivity index (χ4n) is 16.4. The van der Waals surface area contributed by atoms with Crippen molar-refractivity contribution >= 4 is 35.4 Å². The van der Waals surface area contributed by atoms with Crippen LogP contribution in [0.2, 0.25) is 0 Å². The Balaban J connectivity index is 0.000000315. The molecule has 12 heteroatoms. The summed E-state index contributed by atoms with van der Waals surface area (Å²) in [7, 11) is 0. The van der Waals surface area contributed by atoms with Crippen molar-refractivity contribution < 1.29 is 57.2 Å². The maximum absolute atomic E-state index is 14.0. The van der Waals surface area contributed by atoms with Crippen molar-refractivity contribution in [1.29, 1.82) is 0 Å². The molecule has 0 amide bonds. The van der Waals surface area contributed by atoms with Crippen LogP contribution in [-0.4, -0.2) is 79.9 Å². The summed E-state index contributed by atoms with van der Waals surface area (Å²) in [5.41, 5.74) is -2.21. The molecule has 0 aromatic heterocycles. The molecule has 12 nitrogen and oxygen atoms in total. The lowest BCUT2D eigenvalue weighted by molar-refractivity contribution is -0.317. The number of hydrogen-bond acceptors (Lipinski definition) is 12. The number of carbonyl (C=O) groups excluding carboxylic acids is 6. The Morgan fingerprint density at radius 3 is 1.38 bits per heavy atom. The van der Waals surface area contributed by atoms with Gasteiger partial charge in [0.25, 0.3) is 0 Å². The first-order valence-corrected chi connectivity index (χ1v) is 26.3. The first-order valence-electron chi connectivity index (χ1n) is 26.3. The number of Topliss-reactive ketones (excluding diaryl/α,β-unsaturated/α-hetero) is 2. The summed E-state index contributed by atoms with van der Waals surface area (Å²) < 4.78 is 37.8. The van der Waals surface area contributed by atoms with E-state index in [0.29, 0.717) is 74.1 Å². The van der Waals surface area contributed by atoms with Gasteiger partial charge in [0.2, 0.25) is 0 Å². The molecule has 14 rings (SSSR count). The van der Waals surface area contributed by atoms with Crippen LogP contribution in [0.25, 0.3) is 0 Å². The zero-order valence-corrected chi connectivity index (χ0v) is 40.8. The van der Waals surface area contributed by atoms with Crippen LogP contribution in [0.3, 0.4) is 0 Å². The number of carbonyl (C=O) groups is 6. The standard InChI is InChI=1S/C42H56O10.C12H22O2/c1-38(2,3)35(45)50-21-39-10-24-8-29(17-39)42(30(9-24)18-39)51-31(19-48-36(46)40-11-22-4-25(13-40)33(43)26(5-22)14-40)32(52-42)20-49-37(47)41-12-23-6-27(15-41)34(44)28(7-23)16-41;1-12(2,3)11(13)14-9-10-7-5-4-6-8-10/h22-32H,4-21H2,1-3H3;10H,4-9H2,1-3H3. The molecule has 1 heterocycles. The second-order valence-corrected chi connectivity index (χ2v) is 26.3. The lowest BCUT2D eigenvalue weighted by Crippen LogP contribution is -2.63. The van der Waals surface area contributed by atoms with Gasteiger partial charge in [-0.3, -0.25) is 28.8 Å². The fourth-order valence-corrected chi connectivity index (χ4v) is 16.4. The molecule has 1 spiro atoms. The van der Waals surface area contributed by atoms with Crippen molar-refractivity contribution in [3.63, 3.8) is 0 Å². The Labute approximate surface area is 392 Å². The number of hydrogen-bond donors (Lipinski definition) is 0. The molecule has 0 radical (unpaired) electrons. The predicted molar refractivity (Wildman–Crippen MR) is 240 cm³/mol. The highest BCUT2D eigenvalue weighted by Gasteiger charge is 2.69. The SMILES string of the molecule is CC(C)(C)C(=O)OCC12CC3CC(C1)C1(OC(COC(=O)C45CC6CC(C4)C(=O)C(C6)C5)C(COC(=O)C45CC6CC(C4)C(=O)C(C6)C5)O1)C(C3)C2.CC(C)(C)C(=O)OCC1CCCCC1. The summed E-state index contributed by atoms with van der Waals surface area (Å²) in [5, 5.41) is 0. The van der Waals surface area contributed by atoms with Crippen LogP contribution >= 0.6 is 0 Å². The van der Waals surface area contributed by atoms with Gasteiger partial charge in [0, 0.05) is 40.9 Å². The molecule has 8 atom stereocenters. The van der Waals surface area contributed by atoms with Crippen LogP contribution in [0, 0.1) is 86.3 Å². The molecule has 366 valence electrons. The van der Waals surface area contributed by atoms with Gasteiger partial charge in [0.1, 0.15) is 37.0 Å². The van der Waals surface area contributed by atoms with Crippen LogP contribution in [0.15, 0.2) is 0 Å². The number of esters is 4. The van der Waals surface area contributed by atoms with E-state index < -0.39 is 34.2 Å². The van der Waals surface area contributed by atoms with Crippen molar-refractivity contribution in [3.05, 3.63) is 0 Å². The van der Waals surface area contributed by atoms with Gasteiger partial charge in [-0.1, -0.05) is 19.3 Å². The lowest BCUT2D eigenvalue weighted by Gasteiger charge is -2.62. The van der Waals surface area contributed by atoms with E-state index in [1.54, 1.807) is 0 Å². The third kappa shape index (κ3) is 8.52. The summed E-state index contributed by atoms with van der Waals surface area (Å²) in [4.78, 5) is 78.0. The Kier molecular flexibility index (Phi) is 12.0. The molecule has 66 heavy (non-hydrogen) atoms. The Hall–Kier alpha value is -2.86. The maximum atomic E-state index is 14.0. The third-order valence-electron chi connectivity index (χ3n) is 19.1. The highest BCUT2D eigenvalue weighted by Crippen LogP contribution is 2.67. The molecule has 0 aromatic rings. The van der Waals surface area contributed by atoms with Crippen LogP contribution in [0.5, 0.6) is 0 Å². The van der Waals surface area contributed by atoms with Gasteiger partial charge in [0.05, 0.1) is 34.9 Å². The van der Waals surface area contributed by atoms with Crippen molar-refractivity contribution in [2.24, 2.45) is 86.3 Å². The average Bonchev–Trinajstić information content (AvgIpc) is 3.64. The second kappa shape index (κ2) is 16.9. The van der Waals surface area contributed by atoms with E-state index >= 15 is 0 Å². The maximum Gasteiger partial charge on any atom is 0.312 e. The molecule has 14 fully saturated rings. The van der Waals surface area contributed by atoms with Gasteiger partial charge >= 0.3 is 23.9 Å². The zero-order valence-electron chi connectivity index (χ0n) is 40.8. The molecular formula is C54H78O12. The first kappa shape index (κ1) is 46.8. The van der Waals surface area contributed by atoms with Crippen LogP contribution in [0.4, 0.5) is 0 Å². The zero-order chi connectivity index (χ0) is 46.6. The Morgan fingerprint density at radius 2 is 0.939 bits per heavy atom. The Bertz CT molecular complexity index is 1820. The van der Waals surface area contributed by atoms with E-state index in [2.05, 4.69) is 0 Å². The summed E-state index contributed by atoms with van der Waals surface area (Å²) in [6.07, 6.45) is 17.4. The molecule has 8 unspecified atom stereocenters. The van der Waals surface area contributed by atoms with E-state index in [1.165, 1.54) is 32.1 Å². The summed E-state index contributed by atoms with van der Waals surface area (Å²) in [6, 6.07) is 0. The van der Waals surface area contributed by atoms with E-state index in [-0.39, 0.29) is 83.4 Å². The number of rotatable bonds is 10. The van der Waals surface area contributed by atoms with Gasteiger partial charge in [-0.15, -0.1) is 0 Å². The van der Waals surface area contributed by atoms with Gasteiger partial charge in [-0.25, -0.2) is 0 Å². The van der Waals surface area contributed by atoms with Crippen LogP contribution in [-0.2, 0) is 57.2 Å². The molecule has 13 saturated carbocycles. The van der Waals surface area contributed by atoms with Crippen molar-refractivity contribution in [2.45, 2.75) is 188 Å². The topological polar surface area (TPSA) is 158 Å². The van der Waals surface area contributed by atoms with Crippen LogP contribution in [0.1, 0.15) is 170 Å². The van der Waals surface area contributed by atoms with E-state index in [4.69, 9.17) is 28.4 Å². The minimum atomic E-state index is -0.872. The molecule has 14 aliphatic rings. The first-order chi connectivity index (χ1) is 31.2. The molecule has 13 aliphatic carbocycles. The lowest BCUT2D eigenvalue weighted by atomic mass is 9.47. The summed E-state index contributed by atoms with van der Waals surface area (Å²) in [5.74, 6) is 1.15. The molecule has 12 bridgehead atoms. The van der Waals surface area contributed by atoms with Gasteiger partial charge in [-0.05, 0) is 174 Å². The van der Waals surface area contributed by atoms with Gasteiger partial charge < -0.3 is 28.4 Å². The monoisotopic (exact) mass is 919 g/mol. The average molecular weight is 919 g/mol. The summed E-state index contributed by atoms with van der Waals surface area (Å²) in [6.45, 7) is 12.4. The minimum Gasteiger partial charge on any atom is -0.465 e. The van der Waals surface area contributed by atoms with Gasteiger partial charge in [-0.2, -0.15) is 0 Å². The molecule has 0 aromatic carbocycles. The normalized spacial score (nSPS) is 43.8. The van der Waals surface area contributed by atoms with E-state index in [9.17, 15) is 28.8 Å². The Morgan fingerprint density at radius 1 is 0.515 bits per heavy atom. The molecule has 1 saturated heterocycles. The van der Waals surface area contributed by atoms with Crippen LogP contribution < -0.4 is 0 Å². The smallest absolute Gasteiger partial charge is 0.312 e. The van der Waals surface area contributed by atoms with Gasteiger partial charge in [0.15, 0.2) is 5.79 Å². The van der Waals surface area contributed by atoms with E-state index in [1.807, 2.05) is 41.5 Å². The number of ether oxygens (including phenoxy) is 6. The van der Waals surface area contributed by atoms with Crippen molar-refractivity contribution in [2.75, 3.05) is 26.4 Å². The van der Waals surface area contributed by atoms with Crippen molar-refractivity contribution in [3.8, 4) is 0 Å². The van der Waals surface area contributed by atoms with Crippen molar-refractivity contribution in [1.82, 2.24) is 0 Å². The quantitative estimate of drug-likeness (QED) is 0.152. The summed E-state index contributed by atoms with van der Waals surface area (Å²) >= 11 is 0. The molecule has 1 aliphatic heterocycles.